The molecule has 1 rings (SSSR count). The van der Waals surface area contributed by atoms with E-state index in [1.54, 1.807) is 6.20 Å². The number of rotatable bonds is 22. The molecule has 0 amide bonds. The van der Waals surface area contributed by atoms with E-state index in [4.69, 9.17) is 13.3 Å². The Labute approximate surface area is 347 Å². The summed E-state index contributed by atoms with van der Waals surface area (Å²) in [6, 6.07) is 5.50. The van der Waals surface area contributed by atoms with Crippen molar-refractivity contribution in [2.75, 3.05) is 6.61 Å². The number of pyridine rings is 1. The van der Waals surface area contributed by atoms with Crippen LogP contribution in [0, 0.1) is 17.3 Å². The molecule has 1 aromatic rings. The molecular formula is C46H86FNO5Si3. The number of aliphatic hydroxyl groups is 1. The highest BCUT2D eigenvalue weighted by Crippen LogP contribution is 2.45. The van der Waals surface area contributed by atoms with Gasteiger partial charge in [-0.3, -0.25) is 9.78 Å². The van der Waals surface area contributed by atoms with Gasteiger partial charge in [0.05, 0.1) is 17.9 Å². The second-order valence-corrected chi connectivity index (χ2v) is 35.9. The number of carbonyl (C=O) groups is 1. The molecule has 0 spiro atoms. The van der Waals surface area contributed by atoms with E-state index < -0.39 is 36.5 Å². The molecule has 0 saturated heterocycles. The fraction of sp³-hybridized carbons (Fsp3) is 0.783. The van der Waals surface area contributed by atoms with Gasteiger partial charge in [-0.15, -0.1) is 0 Å². The number of aromatic nitrogens is 1. The van der Waals surface area contributed by atoms with Crippen molar-refractivity contribution in [3.05, 3.63) is 47.6 Å². The Morgan fingerprint density at radius 1 is 0.839 bits per heavy atom. The molecule has 0 aliphatic rings. The maximum atomic E-state index is 15.9. The molecule has 0 saturated carbocycles. The van der Waals surface area contributed by atoms with E-state index in [0.29, 0.717) is 25.0 Å². The van der Waals surface area contributed by atoms with Gasteiger partial charge in [0, 0.05) is 24.1 Å². The smallest absolute Gasteiger partial charge is 0.193 e. The normalized spacial score (nSPS) is 17.4. The summed E-state index contributed by atoms with van der Waals surface area (Å²) < 4.78 is 36.8. The van der Waals surface area contributed by atoms with Gasteiger partial charge in [0.15, 0.2) is 25.0 Å². The van der Waals surface area contributed by atoms with Crippen LogP contribution >= 0.6 is 0 Å². The van der Waals surface area contributed by atoms with Crippen molar-refractivity contribution in [3.8, 4) is 0 Å². The molecule has 0 fully saturated rings. The summed E-state index contributed by atoms with van der Waals surface area (Å²) in [4.78, 5) is 19.2. The van der Waals surface area contributed by atoms with Crippen LogP contribution in [0.4, 0.5) is 4.39 Å². The predicted octanol–water partition coefficient (Wildman–Crippen LogP) is 13.7. The molecule has 5 atom stereocenters. The number of aliphatic hydroxyl groups excluding tert-OH is 1. The van der Waals surface area contributed by atoms with E-state index in [0.717, 1.165) is 19.3 Å². The highest BCUT2D eigenvalue weighted by molar-refractivity contribution is 6.75. The first-order valence-electron chi connectivity index (χ1n) is 21.4. The number of hydrogen-bond donors (Lipinski definition) is 1. The molecule has 324 valence electrons. The third kappa shape index (κ3) is 15.1. The van der Waals surface area contributed by atoms with Gasteiger partial charge in [-0.25, -0.2) is 4.39 Å². The van der Waals surface area contributed by atoms with Crippen LogP contribution < -0.4 is 0 Å². The van der Waals surface area contributed by atoms with E-state index in [2.05, 4.69) is 133 Å². The molecule has 0 aliphatic heterocycles. The lowest BCUT2D eigenvalue weighted by atomic mass is 9.71. The summed E-state index contributed by atoms with van der Waals surface area (Å²) in [5.41, 5.74) is 0.973. The van der Waals surface area contributed by atoms with Crippen molar-refractivity contribution in [1.29, 1.82) is 0 Å². The molecule has 5 unspecified atom stereocenters. The quantitative estimate of drug-likeness (QED) is 0.0926. The van der Waals surface area contributed by atoms with E-state index in [1.165, 1.54) is 11.6 Å². The molecule has 1 aromatic heterocycles. The zero-order chi connectivity index (χ0) is 43.7. The standard InChI is InChI=1S/C46H86FNO5Si3/c1-21-37(42(50)46(13,14)40(30-32-49)52-55(17,18)44(7,8)9)41(53-56(19,20)45(10,11)12)35(3)26-24-25-34(2)28-29-39(51-54(15,16)43(4,5)6)38(47)33-36-27-22-23-31-48-36/h22-23,27-28,31,33,35,37,39-41,49H,21,24-26,29-30,32H2,1-20H3/b34-28+,38-33-. The van der Waals surface area contributed by atoms with Crippen LogP contribution in [-0.4, -0.2) is 65.7 Å². The third-order valence-electron chi connectivity index (χ3n) is 13.5. The minimum Gasteiger partial charge on any atom is -0.413 e. The summed E-state index contributed by atoms with van der Waals surface area (Å²) in [5.74, 6) is -0.312. The maximum Gasteiger partial charge on any atom is 0.193 e. The number of carbonyl (C=O) groups excluding carboxylic acids is 1. The highest BCUT2D eigenvalue weighted by Gasteiger charge is 2.50. The predicted molar refractivity (Wildman–Crippen MR) is 245 cm³/mol. The van der Waals surface area contributed by atoms with Crippen LogP contribution in [0.25, 0.3) is 6.08 Å². The van der Waals surface area contributed by atoms with Gasteiger partial charge < -0.3 is 18.4 Å². The molecule has 6 nitrogen and oxygen atoms in total. The Morgan fingerprint density at radius 2 is 1.36 bits per heavy atom. The minimum atomic E-state index is -2.26. The highest BCUT2D eigenvalue weighted by atomic mass is 28.4. The number of allylic oxidation sites excluding steroid dienone is 1. The number of hydrogen-bond acceptors (Lipinski definition) is 6. The van der Waals surface area contributed by atoms with Gasteiger partial charge in [0.25, 0.3) is 0 Å². The molecule has 10 heteroatoms. The number of nitrogens with zero attached hydrogens (tertiary/aromatic N) is 1. The second kappa shape index (κ2) is 20.8. The average Bonchev–Trinajstić information content (AvgIpc) is 3.04. The van der Waals surface area contributed by atoms with Gasteiger partial charge in [-0.1, -0.05) is 108 Å². The molecule has 0 aromatic carbocycles. The number of ketones is 1. The summed E-state index contributed by atoms with van der Waals surface area (Å²) >= 11 is 0. The van der Waals surface area contributed by atoms with Gasteiger partial charge in [0.2, 0.25) is 0 Å². The van der Waals surface area contributed by atoms with Crippen LogP contribution in [0.2, 0.25) is 54.4 Å². The monoisotopic (exact) mass is 836 g/mol. The van der Waals surface area contributed by atoms with Crippen molar-refractivity contribution >= 4 is 36.8 Å². The number of Topliss-reactive ketones (excluding diaryl/α,β-unsaturated/α-hetero) is 1. The van der Waals surface area contributed by atoms with Gasteiger partial charge in [0.1, 0.15) is 17.7 Å². The SMILES string of the molecule is CCC(C(=O)C(C)(C)C(CCO)O[Si](C)(C)C(C)(C)C)C(O[Si](C)(C)C(C)(C)C)C(C)CCC/C(C)=C/CC(O[Si](C)(C)C(C)(C)C)/C(F)=C/c1ccccn1. The van der Waals surface area contributed by atoms with E-state index in [9.17, 15) is 9.90 Å². The van der Waals surface area contributed by atoms with Crippen LogP contribution in [-0.2, 0) is 18.1 Å². The Bertz CT molecular complexity index is 1420. The molecule has 1 N–H and O–H groups in total. The molecule has 0 bridgehead atoms. The Kier molecular flexibility index (Phi) is 19.6. The van der Waals surface area contributed by atoms with Crippen molar-refractivity contribution in [3.63, 3.8) is 0 Å². The van der Waals surface area contributed by atoms with Gasteiger partial charge >= 0.3 is 0 Å². The zero-order valence-electron chi connectivity index (χ0n) is 39.7. The fourth-order valence-corrected chi connectivity index (χ4v) is 10.4. The average molecular weight is 836 g/mol. The summed E-state index contributed by atoms with van der Waals surface area (Å²) in [6.07, 6.45) is 8.24. The van der Waals surface area contributed by atoms with Crippen molar-refractivity contribution < 1.29 is 27.6 Å². The molecule has 0 aliphatic carbocycles. The summed E-state index contributed by atoms with van der Waals surface area (Å²) in [5, 5.41) is 10.1. The Hall–Kier alpha value is -1.28. The summed E-state index contributed by atoms with van der Waals surface area (Å²) in [7, 11) is -6.76. The second-order valence-electron chi connectivity index (χ2n) is 21.6. The van der Waals surface area contributed by atoms with Crippen LogP contribution in [0.5, 0.6) is 0 Å². The van der Waals surface area contributed by atoms with Crippen molar-refractivity contribution in [1.82, 2.24) is 4.98 Å². The zero-order valence-corrected chi connectivity index (χ0v) is 42.7. The third-order valence-corrected chi connectivity index (χ3v) is 26.9. The van der Waals surface area contributed by atoms with Gasteiger partial charge in [-0.2, -0.15) is 0 Å². The Morgan fingerprint density at radius 3 is 1.82 bits per heavy atom. The lowest BCUT2D eigenvalue weighted by Gasteiger charge is -2.47. The van der Waals surface area contributed by atoms with Crippen molar-refractivity contribution in [2.45, 2.75) is 208 Å². The molecular weight excluding hydrogens is 750 g/mol. The molecule has 1 heterocycles. The molecule has 0 radical (unpaired) electrons. The first-order valence-corrected chi connectivity index (χ1v) is 30.1. The molecule has 56 heavy (non-hydrogen) atoms. The minimum absolute atomic E-state index is 0.0185. The first-order chi connectivity index (χ1) is 25.3. The van der Waals surface area contributed by atoms with Crippen molar-refractivity contribution in [2.24, 2.45) is 17.3 Å². The lowest BCUT2D eigenvalue weighted by Crippen LogP contribution is -2.54. The largest absolute Gasteiger partial charge is 0.413 e. The van der Waals surface area contributed by atoms with Gasteiger partial charge in [-0.05, 0) is 124 Å². The number of halogens is 1. The van der Waals surface area contributed by atoms with E-state index in [-0.39, 0.29) is 57.4 Å². The van der Waals surface area contributed by atoms with Crippen LogP contribution in [0.15, 0.2) is 41.9 Å². The topological polar surface area (TPSA) is 77.9 Å². The van der Waals surface area contributed by atoms with E-state index >= 15 is 4.39 Å². The maximum absolute atomic E-state index is 15.9. The van der Waals surface area contributed by atoms with E-state index in [1.807, 2.05) is 32.0 Å². The first kappa shape index (κ1) is 52.7. The Balaban J connectivity index is 3.40. The fourth-order valence-electron chi connectivity index (χ4n) is 6.25. The van der Waals surface area contributed by atoms with Crippen LogP contribution in [0.1, 0.15) is 141 Å². The lowest BCUT2D eigenvalue weighted by molar-refractivity contribution is -0.142. The summed E-state index contributed by atoms with van der Waals surface area (Å²) in [6.45, 7) is 43.7. The van der Waals surface area contributed by atoms with Crippen LogP contribution in [0.3, 0.4) is 0 Å².